The third kappa shape index (κ3) is 6.86. The lowest BCUT2D eigenvalue weighted by Crippen LogP contribution is -2.14. The van der Waals surface area contributed by atoms with E-state index in [0.29, 0.717) is 23.0 Å². The van der Waals surface area contributed by atoms with Crippen LogP contribution in [0.15, 0.2) is 42.5 Å². The molecule has 0 aliphatic carbocycles. The predicted molar refractivity (Wildman–Crippen MR) is 107 cm³/mol. The third-order valence-electron chi connectivity index (χ3n) is 3.75. The van der Waals surface area contributed by atoms with Crippen LogP contribution in [0.4, 0.5) is 5.69 Å². The molecule has 0 aliphatic rings. The van der Waals surface area contributed by atoms with Gasteiger partial charge in [-0.05, 0) is 35.4 Å². The maximum absolute atomic E-state index is 12.3. The topological polar surface area (TPSA) is 84.9 Å². The summed E-state index contributed by atoms with van der Waals surface area (Å²) < 4.78 is 10.5. The molecule has 7 heteroatoms. The van der Waals surface area contributed by atoms with Crippen LogP contribution >= 0.6 is 11.8 Å². The van der Waals surface area contributed by atoms with E-state index >= 15 is 0 Å². The Kier molecular flexibility index (Phi) is 8.00. The van der Waals surface area contributed by atoms with Crippen molar-refractivity contribution in [2.45, 2.75) is 18.6 Å². The lowest BCUT2D eigenvalue weighted by atomic mass is 10.1. The highest BCUT2D eigenvalue weighted by Crippen LogP contribution is 2.27. The molecule has 0 spiro atoms. The van der Waals surface area contributed by atoms with Crippen LogP contribution in [0.3, 0.4) is 0 Å². The van der Waals surface area contributed by atoms with E-state index in [-0.39, 0.29) is 18.7 Å². The molecule has 27 heavy (non-hydrogen) atoms. The summed E-state index contributed by atoms with van der Waals surface area (Å²) >= 11 is 1.55. The Morgan fingerprint density at radius 1 is 1.04 bits per heavy atom. The number of thioether (sulfide) groups is 1. The number of hydrogen-bond acceptors (Lipinski definition) is 5. The number of benzene rings is 2. The van der Waals surface area contributed by atoms with Gasteiger partial charge in [0.05, 0.1) is 27.1 Å². The van der Waals surface area contributed by atoms with Gasteiger partial charge in [0.1, 0.15) is 0 Å². The van der Waals surface area contributed by atoms with Gasteiger partial charge < -0.3 is 19.9 Å². The zero-order valence-corrected chi connectivity index (χ0v) is 16.2. The second kappa shape index (κ2) is 10.5. The van der Waals surface area contributed by atoms with Gasteiger partial charge in [-0.2, -0.15) is 11.8 Å². The number of carbonyl (C=O) groups is 2. The van der Waals surface area contributed by atoms with Crippen molar-refractivity contribution in [2.24, 2.45) is 0 Å². The molecule has 0 saturated carbocycles. The van der Waals surface area contributed by atoms with Gasteiger partial charge in [-0.25, -0.2) is 0 Å². The monoisotopic (exact) mass is 389 g/mol. The molecule has 0 bridgehead atoms. The number of anilines is 1. The Labute approximate surface area is 162 Å². The van der Waals surface area contributed by atoms with Crippen LogP contribution in [-0.2, 0) is 21.8 Å². The van der Waals surface area contributed by atoms with Gasteiger partial charge in [0.15, 0.2) is 11.5 Å². The number of amides is 1. The molecule has 2 aromatic rings. The fraction of sp³-hybridized carbons (Fsp3) is 0.300. The molecule has 0 fully saturated rings. The van der Waals surface area contributed by atoms with Crippen molar-refractivity contribution in [3.05, 3.63) is 53.6 Å². The van der Waals surface area contributed by atoms with Gasteiger partial charge in [0, 0.05) is 17.2 Å². The summed E-state index contributed by atoms with van der Waals surface area (Å²) in [6.07, 6.45) is 0.365. The van der Waals surface area contributed by atoms with Crippen LogP contribution in [0.25, 0.3) is 0 Å². The van der Waals surface area contributed by atoms with Gasteiger partial charge in [-0.1, -0.05) is 18.2 Å². The van der Waals surface area contributed by atoms with Crippen molar-refractivity contribution < 1.29 is 24.2 Å². The van der Waals surface area contributed by atoms with Crippen molar-refractivity contribution in [1.82, 2.24) is 0 Å². The summed E-state index contributed by atoms with van der Waals surface area (Å²) in [7, 11) is 3.12. The fourth-order valence-corrected chi connectivity index (χ4v) is 3.35. The normalized spacial score (nSPS) is 10.3. The number of carboxylic acid groups (broad SMARTS) is 1. The van der Waals surface area contributed by atoms with Crippen LogP contribution in [0.5, 0.6) is 11.5 Å². The number of aliphatic carboxylic acids is 1. The van der Waals surface area contributed by atoms with Gasteiger partial charge in [-0.3, -0.25) is 9.59 Å². The SMILES string of the molecule is COc1ccc(CC(=O)Nc2cccc(CSCCC(=O)O)c2)cc1OC. The first-order chi connectivity index (χ1) is 13.0. The molecule has 2 N–H and O–H groups in total. The van der Waals surface area contributed by atoms with E-state index in [4.69, 9.17) is 14.6 Å². The van der Waals surface area contributed by atoms with Crippen molar-refractivity contribution in [2.75, 3.05) is 25.3 Å². The molecule has 0 aliphatic heterocycles. The first-order valence-electron chi connectivity index (χ1n) is 8.41. The molecular formula is C20H23NO5S. The summed E-state index contributed by atoms with van der Waals surface area (Å²) in [5, 5.41) is 11.6. The number of hydrogen-bond donors (Lipinski definition) is 2. The minimum Gasteiger partial charge on any atom is -0.493 e. The van der Waals surface area contributed by atoms with E-state index in [9.17, 15) is 9.59 Å². The number of rotatable bonds is 10. The van der Waals surface area contributed by atoms with Crippen LogP contribution in [-0.4, -0.2) is 37.0 Å². The van der Waals surface area contributed by atoms with Crippen molar-refractivity contribution in [1.29, 1.82) is 0 Å². The van der Waals surface area contributed by atoms with Crippen LogP contribution in [0.1, 0.15) is 17.5 Å². The summed E-state index contributed by atoms with van der Waals surface area (Å²) in [5.41, 5.74) is 2.58. The molecule has 0 atom stereocenters. The highest BCUT2D eigenvalue weighted by Gasteiger charge is 2.09. The van der Waals surface area contributed by atoms with Gasteiger partial charge in [0.25, 0.3) is 0 Å². The second-order valence-corrected chi connectivity index (χ2v) is 6.92. The van der Waals surface area contributed by atoms with Crippen LogP contribution in [0.2, 0.25) is 0 Å². The molecule has 0 unspecified atom stereocenters. The zero-order valence-electron chi connectivity index (χ0n) is 15.4. The van der Waals surface area contributed by atoms with Crippen LogP contribution in [0, 0.1) is 0 Å². The van der Waals surface area contributed by atoms with Gasteiger partial charge in [-0.15, -0.1) is 0 Å². The predicted octanol–water partition coefficient (Wildman–Crippen LogP) is 3.59. The third-order valence-corrected chi connectivity index (χ3v) is 4.78. The lowest BCUT2D eigenvalue weighted by Gasteiger charge is -2.10. The Bertz CT molecular complexity index is 794. The Hall–Kier alpha value is -2.67. The maximum Gasteiger partial charge on any atom is 0.304 e. The van der Waals surface area contributed by atoms with Crippen molar-refractivity contribution in [3.8, 4) is 11.5 Å². The smallest absolute Gasteiger partial charge is 0.304 e. The summed E-state index contributed by atoms with van der Waals surface area (Å²) in [6.45, 7) is 0. The molecule has 6 nitrogen and oxygen atoms in total. The molecular weight excluding hydrogens is 366 g/mol. The highest BCUT2D eigenvalue weighted by molar-refractivity contribution is 7.98. The van der Waals surface area contributed by atoms with Crippen molar-refractivity contribution >= 4 is 29.3 Å². The average Bonchev–Trinajstić information content (AvgIpc) is 2.65. The fourth-order valence-electron chi connectivity index (χ4n) is 2.47. The van der Waals surface area contributed by atoms with E-state index in [2.05, 4.69) is 5.32 Å². The molecule has 1 amide bonds. The molecule has 0 aromatic heterocycles. The van der Waals surface area contributed by atoms with E-state index in [1.807, 2.05) is 30.3 Å². The van der Waals surface area contributed by atoms with Crippen LogP contribution < -0.4 is 14.8 Å². The Morgan fingerprint density at radius 2 is 1.81 bits per heavy atom. The lowest BCUT2D eigenvalue weighted by molar-refractivity contribution is -0.136. The first-order valence-corrected chi connectivity index (χ1v) is 9.56. The molecule has 0 radical (unpaired) electrons. The van der Waals surface area contributed by atoms with E-state index in [0.717, 1.165) is 16.8 Å². The number of methoxy groups -OCH3 is 2. The standard InChI is InChI=1S/C20H23NO5S/c1-25-17-7-6-14(11-18(17)26-2)12-19(22)21-16-5-3-4-15(10-16)13-27-9-8-20(23)24/h3-7,10-11H,8-9,12-13H2,1-2H3,(H,21,22)(H,23,24). The largest absolute Gasteiger partial charge is 0.493 e. The quantitative estimate of drug-likeness (QED) is 0.604. The number of carbonyl (C=O) groups excluding carboxylic acids is 1. The van der Waals surface area contributed by atoms with E-state index < -0.39 is 5.97 Å². The Morgan fingerprint density at radius 3 is 2.52 bits per heavy atom. The summed E-state index contributed by atoms with van der Waals surface area (Å²) in [5.74, 6) is 1.55. The van der Waals surface area contributed by atoms with Crippen molar-refractivity contribution in [3.63, 3.8) is 0 Å². The molecule has 2 rings (SSSR count). The molecule has 2 aromatic carbocycles. The minimum absolute atomic E-state index is 0.127. The molecule has 144 valence electrons. The molecule has 0 heterocycles. The summed E-state index contributed by atoms with van der Waals surface area (Å²) in [6, 6.07) is 13.0. The number of carboxylic acids is 1. The van der Waals surface area contributed by atoms with E-state index in [1.165, 1.54) is 0 Å². The summed E-state index contributed by atoms with van der Waals surface area (Å²) in [4.78, 5) is 22.9. The average molecular weight is 389 g/mol. The maximum atomic E-state index is 12.3. The Balaban J connectivity index is 1.92. The number of ether oxygens (including phenoxy) is 2. The highest BCUT2D eigenvalue weighted by atomic mass is 32.2. The van der Waals surface area contributed by atoms with Gasteiger partial charge in [0.2, 0.25) is 5.91 Å². The second-order valence-electron chi connectivity index (χ2n) is 5.81. The van der Waals surface area contributed by atoms with Gasteiger partial charge >= 0.3 is 5.97 Å². The zero-order chi connectivity index (χ0) is 19.6. The molecule has 0 saturated heterocycles. The minimum atomic E-state index is -0.793. The first kappa shape index (κ1) is 20.6. The van der Waals surface area contributed by atoms with E-state index in [1.54, 1.807) is 38.1 Å². The number of nitrogens with one attached hydrogen (secondary N) is 1.